The van der Waals surface area contributed by atoms with Crippen molar-refractivity contribution in [3.05, 3.63) is 23.7 Å². The van der Waals surface area contributed by atoms with E-state index in [-0.39, 0.29) is 17.7 Å². The van der Waals surface area contributed by atoms with Crippen molar-refractivity contribution in [1.82, 2.24) is 4.90 Å². The smallest absolute Gasteiger partial charge is 0.306 e. The monoisotopic (exact) mass is 265 g/mol. The highest BCUT2D eigenvalue weighted by atomic mass is 16.4. The Labute approximate surface area is 112 Å². The van der Waals surface area contributed by atoms with E-state index in [1.165, 1.54) is 0 Å². The number of hydrogen-bond donors (Lipinski definition) is 1. The molecule has 1 fully saturated rings. The summed E-state index contributed by atoms with van der Waals surface area (Å²) >= 11 is 0. The average molecular weight is 265 g/mol. The summed E-state index contributed by atoms with van der Waals surface area (Å²) in [6, 6.07) is 1.85. The highest BCUT2D eigenvalue weighted by Gasteiger charge is 2.35. The number of carboxylic acid groups (broad SMARTS) is 1. The van der Waals surface area contributed by atoms with Gasteiger partial charge in [0.1, 0.15) is 5.76 Å². The van der Waals surface area contributed by atoms with Crippen LogP contribution in [0.5, 0.6) is 0 Å². The Morgan fingerprint density at radius 2 is 2.11 bits per heavy atom. The number of aliphatic carboxylic acids is 1. The van der Waals surface area contributed by atoms with Crippen molar-refractivity contribution in [2.75, 3.05) is 7.05 Å². The van der Waals surface area contributed by atoms with Crippen molar-refractivity contribution in [2.45, 2.75) is 32.7 Å². The van der Waals surface area contributed by atoms with E-state index in [1.807, 2.05) is 13.0 Å². The number of rotatable bonds is 4. The largest absolute Gasteiger partial charge is 0.481 e. The van der Waals surface area contributed by atoms with Gasteiger partial charge in [-0.3, -0.25) is 9.59 Å². The van der Waals surface area contributed by atoms with Crippen LogP contribution in [0.1, 0.15) is 30.6 Å². The predicted octanol–water partition coefficient (Wildman–Crippen LogP) is 2.05. The third-order valence-corrected chi connectivity index (χ3v) is 3.88. The molecule has 1 heterocycles. The molecule has 1 aromatic heterocycles. The molecule has 5 nitrogen and oxygen atoms in total. The van der Waals surface area contributed by atoms with E-state index in [0.717, 1.165) is 11.3 Å². The maximum absolute atomic E-state index is 12.3. The number of aryl methyl sites for hydroxylation is 1. The van der Waals surface area contributed by atoms with Crippen LogP contribution in [0.3, 0.4) is 0 Å². The normalized spacial score (nSPS) is 22.4. The summed E-state index contributed by atoms with van der Waals surface area (Å²) in [7, 11) is 1.75. The summed E-state index contributed by atoms with van der Waals surface area (Å²) in [5.74, 6) is -0.459. The Morgan fingerprint density at radius 1 is 1.42 bits per heavy atom. The van der Waals surface area contributed by atoms with Gasteiger partial charge in [0.05, 0.1) is 12.2 Å². The zero-order valence-electron chi connectivity index (χ0n) is 11.3. The zero-order valence-corrected chi connectivity index (χ0v) is 11.3. The zero-order chi connectivity index (χ0) is 14.0. The van der Waals surface area contributed by atoms with Gasteiger partial charge in [0.25, 0.3) is 0 Å². The molecule has 1 aliphatic rings. The number of nitrogens with zero attached hydrogens (tertiary/aromatic N) is 1. The third-order valence-electron chi connectivity index (χ3n) is 3.88. The first-order valence-electron chi connectivity index (χ1n) is 6.49. The van der Waals surface area contributed by atoms with Gasteiger partial charge in [0.15, 0.2) is 0 Å². The molecule has 1 aromatic rings. The fourth-order valence-electron chi connectivity index (χ4n) is 2.65. The van der Waals surface area contributed by atoms with Crippen LogP contribution in [0, 0.1) is 18.8 Å². The summed E-state index contributed by atoms with van der Waals surface area (Å²) < 4.78 is 5.20. The van der Waals surface area contributed by atoms with Crippen molar-refractivity contribution >= 4 is 11.9 Å². The van der Waals surface area contributed by atoms with Gasteiger partial charge in [-0.25, -0.2) is 0 Å². The number of hydrogen-bond acceptors (Lipinski definition) is 3. The molecule has 1 amide bonds. The van der Waals surface area contributed by atoms with Crippen LogP contribution in [0.4, 0.5) is 0 Å². The molecule has 2 rings (SSSR count). The fourth-order valence-corrected chi connectivity index (χ4v) is 2.65. The van der Waals surface area contributed by atoms with E-state index in [0.29, 0.717) is 25.8 Å². The molecule has 2 unspecified atom stereocenters. The second kappa shape index (κ2) is 5.47. The minimum absolute atomic E-state index is 0.0318. The van der Waals surface area contributed by atoms with Crippen LogP contribution in [0.15, 0.2) is 16.7 Å². The first kappa shape index (κ1) is 13.6. The number of carbonyl (C=O) groups is 2. The molecule has 5 heteroatoms. The molecule has 0 aliphatic heterocycles. The van der Waals surface area contributed by atoms with Gasteiger partial charge >= 0.3 is 5.97 Å². The van der Waals surface area contributed by atoms with E-state index >= 15 is 0 Å². The molecule has 0 spiro atoms. The Kier molecular flexibility index (Phi) is 3.93. The van der Waals surface area contributed by atoms with Gasteiger partial charge in [-0.2, -0.15) is 0 Å². The molecule has 0 bridgehead atoms. The van der Waals surface area contributed by atoms with Crippen molar-refractivity contribution in [3.63, 3.8) is 0 Å². The van der Waals surface area contributed by atoms with Crippen molar-refractivity contribution in [2.24, 2.45) is 11.8 Å². The molecular weight excluding hydrogens is 246 g/mol. The van der Waals surface area contributed by atoms with Crippen LogP contribution < -0.4 is 0 Å². The molecule has 2 atom stereocenters. The van der Waals surface area contributed by atoms with Crippen LogP contribution in [-0.4, -0.2) is 28.9 Å². The fraction of sp³-hybridized carbons (Fsp3) is 0.571. The minimum Gasteiger partial charge on any atom is -0.481 e. The molecule has 1 aliphatic carbocycles. The molecule has 1 saturated carbocycles. The average Bonchev–Trinajstić information content (AvgIpc) is 2.98. The number of amides is 1. The lowest BCUT2D eigenvalue weighted by atomic mass is 10.0. The first-order chi connectivity index (χ1) is 8.99. The lowest BCUT2D eigenvalue weighted by Crippen LogP contribution is -2.31. The number of carbonyl (C=O) groups excluding carboxylic acids is 1. The Hall–Kier alpha value is -1.78. The molecule has 0 radical (unpaired) electrons. The van der Waals surface area contributed by atoms with Crippen molar-refractivity contribution < 1.29 is 19.1 Å². The van der Waals surface area contributed by atoms with Crippen molar-refractivity contribution in [1.29, 1.82) is 0 Å². The Bertz CT molecular complexity index is 480. The lowest BCUT2D eigenvalue weighted by molar-refractivity contribution is -0.141. The van der Waals surface area contributed by atoms with Gasteiger partial charge in [0.2, 0.25) is 5.91 Å². The Morgan fingerprint density at radius 3 is 2.63 bits per heavy atom. The van der Waals surface area contributed by atoms with Crippen LogP contribution in [-0.2, 0) is 16.1 Å². The van der Waals surface area contributed by atoms with E-state index in [4.69, 9.17) is 9.52 Å². The minimum atomic E-state index is -0.788. The van der Waals surface area contributed by atoms with E-state index < -0.39 is 5.97 Å². The van der Waals surface area contributed by atoms with Crippen LogP contribution in [0.2, 0.25) is 0 Å². The summed E-state index contributed by atoms with van der Waals surface area (Å²) in [5.41, 5.74) is 0.989. The highest BCUT2D eigenvalue weighted by Crippen LogP contribution is 2.32. The number of furan rings is 1. The van der Waals surface area contributed by atoms with Gasteiger partial charge in [-0.05, 0) is 32.3 Å². The summed E-state index contributed by atoms with van der Waals surface area (Å²) in [6.45, 7) is 2.37. The Balaban J connectivity index is 1.93. The SMILES string of the molecule is Cc1occc1CN(C)C(=O)C1CCC(C(=O)O)C1. The maximum Gasteiger partial charge on any atom is 0.306 e. The molecule has 0 aromatic carbocycles. The molecule has 1 N–H and O–H groups in total. The van der Waals surface area contributed by atoms with Gasteiger partial charge in [0, 0.05) is 25.1 Å². The van der Waals surface area contributed by atoms with Crippen molar-refractivity contribution in [3.8, 4) is 0 Å². The second-order valence-corrected chi connectivity index (χ2v) is 5.24. The summed E-state index contributed by atoms with van der Waals surface area (Å²) in [5, 5.41) is 8.96. The van der Waals surface area contributed by atoms with Crippen LogP contribution >= 0.6 is 0 Å². The third kappa shape index (κ3) is 2.97. The van der Waals surface area contributed by atoms with Gasteiger partial charge in [-0.15, -0.1) is 0 Å². The van der Waals surface area contributed by atoms with E-state index in [1.54, 1.807) is 18.2 Å². The van der Waals surface area contributed by atoms with E-state index in [2.05, 4.69) is 0 Å². The lowest BCUT2D eigenvalue weighted by Gasteiger charge is -2.20. The predicted molar refractivity (Wildman–Crippen MR) is 68.4 cm³/mol. The topological polar surface area (TPSA) is 70.8 Å². The number of carboxylic acids is 1. The van der Waals surface area contributed by atoms with Gasteiger partial charge < -0.3 is 14.4 Å². The maximum atomic E-state index is 12.3. The molecular formula is C14H19NO4. The summed E-state index contributed by atoms with van der Waals surface area (Å²) in [4.78, 5) is 24.8. The first-order valence-corrected chi connectivity index (χ1v) is 6.49. The van der Waals surface area contributed by atoms with Gasteiger partial charge in [-0.1, -0.05) is 0 Å². The molecule has 19 heavy (non-hydrogen) atoms. The van der Waals surface area contributed by atoms with Crippen LogP contribution in [0.25, 0.3) is 0 Å². The quantitative estimate of drug-likeness (QED) is 0.904. The second-order valence-electron chi connectivity index (χ2n) is 5.24. The molecule has 0 saturated heterocycles. The molecule has 104 valence electrons. The van der Waals surface area contributed by atoms with E-state index in [9.17, 15) is 9.59 Å². The summed E-state index contributed by atoms with van der Waals surface area (Å²) in [6.07, 6.45) is 3.34. The standard InChI is InChI=1S/C14H19NO4/c1-9-12(5-6-19-9)8-15(2)13(16)10-3-4-11(7-10)14(17)18/h5-6,10-11H,3-4,7-8H2,1-2H3,(H,17,18). The highest BCUT2D eigenvalue weighted by molar-refractivity contribution is 5.80.